The van der Waals surface area contributed by atoms with Crippen LogP contribution in [0.5, 0.6) is 5.75 Å². The lowest BCUT2D eigenvalue weighted by Gasteiger charge is -2.13. The Morgan fingerprint density at radius 2 is 2.04 bits per heavy atom. The maximum Gasteiger partial charge on any atom is 0.257 e. The van der Waals surface area contributed by atoms with Crippen molar-refractivity contribution in [3.8, 4) is 5.75 Å². The predicted molar refractivity (Wildman–Crippen MR) is 86.8 cm³/mol. The van der Waals surface area contributed by atoms with Crippen LogP contribution in [-0.2, 0) is 14.8 Å². The van der Waals surface area contributed by atoms with Crippen molar-refractivity contribution in [2.45, 2.75) is 38.1 Å². The summed E-state index contributed by atoms with van der Waals surface area (Å²) in [5.41, 5.74) is 0.625. The van der Waals surface area contributed by atoms with E-state index in [1.807, 2.05) is 0 Å². The van der Waals surface area contributed by atoms with E-state index in [1.165, 1.54) is 18.2 Å². The molecule has 0 saturated carbocycles. The molecular weight excluding hydrogens is 320 g/mol. The largest absolute Gasteiger partial charge is 0.484 e. The summed E-state index contributed by atoms with van der Waals surface area (Å²) in [4.78, 5) is 11.7. The molecule has 0 aliphatic rings. The predicted octanol–water partition coefficient (Wildman–Crippen LogP) is 0.559. The summed E-state index contributed by atoms with van der Waals surface area (Å²) >= 11 is 0. The molecule has 130 valence electrons. The monoisotopic (exact) mass is 344 g/mol. The van der Waals surface area contributed by atoms with Crippen LogP contribution in [0.15, 0.2) is 23.1 Å². The fourth-order valence-corrected chi connectivity index (χ4v) is 3.17. The first-order valence-corrected chi connectivity index (χ1v) is 8.88. The van der Waals surface area contributed by atoms with Crippen molar-refractivity contribution in [3.63, 3.8) is 0 Å². The van der Waals surface area contributed by atoms with Crippen LogP contribution in [0.3, 0.4) is 0 Å². The number of aryl methyl sites for hydroxylation is 1. The maximum absolute atomic E-state index is 12.1. The van der Waals surface area contributed by atoms with E-state index < -0.39 is 10.0 Å². The zero-order valence-electron chi connectivity index (χ0n) is 13.6. The molecule has 0 atom stereocenters. The Bertz CT molecular complexity index is 629. The zero-order valence-corrected chi connectivity index (χ0v) is 14.4. The van der Waals surface area contributed by atoms with Crippen LogP contribution >= 0.6 is 0 Å². The van der Waals surface area contributed by atoms with Crippen molar-refractivity contribution in [2.75, 3.05) is 19.8 Å². The number of hydrogen-bond acceptors (Lipinski definition) is 5. The molecule has 3 N–H and O–H groups in total. The molecule has 0 aliphatic carbocycles. The Morgan fingerprint density at radius 3 is 2.61 bits per heavy atom. The standard InChI is InChI=1S/C15H24N2O5S/c1-11(2)17-23(20,21)13-5-6-14(12(3)9-13)22-10-15(19)16-7-4-8-18/h5-6,9,11,17-18H,4,7-8,10H2,1-3H3,(H,16,19). The number of hydrogen-bond donors (Lipinski definition) is 3. The lowest BCUT2D eigenvalue weighted by molar-refractivity contribution is -0.123. The second kappa shape index (κ2) is 8.85. The molecule has 1 aromatic rings. The van der Waals surface area contributed by atoms with Crippen LogP contribution < -0.4 is 14.8 Å². The summed E-state index contributed by atoms with van der Waals surface area (Å²) in [5, 5.41) is 11.2. The summed E-state index contributed by atoms with van der Waals surface area (Å²) in [6.45, 7) is 5.45. The van der Waals surface area contributed by atoms with Gasteiger partial charge in [0, 0.05) is 19.2 Å². The second-order valence-electron chi connectivity index (χ2n) is 5.42. The molecule has 0 fully saturated rings. The van der Waals surface area contributed by atoms with Crippen LogP contribution in [0, 0.1) is 6.92 Å². The molecule has 0 saturated heterocycles. The second-order valence-corrected chi connectivity index (χ2v) is 7.13. The number of sulfonamides is 1. The van der Waals surface area contributed by atoms with Crippen molar-refractivity contribution in [1.82, 2.24) is 10.0 Å². The van der Waals surface area contributed by atoms with Gasteiger partial charge in [0.1, 0.15) is 5.75 Å². The molecule has 1 aromatic carbocycles. The van der Waals surface area contributed by atoms with Crippen LogP contribution in [-0.4, -0.2) is 45.2 Å². The van der Waals surface area contributed by atoms with Crippen molar-refractivity contribution in [3.05, 3.63) is 23.8 Å². The van der Waals surface area contributed by atoms with Gasteiger partial charge in [0.15, 0.2) is 6.61 Å². The number of benzene rings is 1. The van der Waals surface area contributed by atoms with Gasteiger partial charge in [-0.15, -0.1) is 0 Å². The Kier molecular flexibility index (Phi) is 7.47. The molecule has 23 heavy (non-hydrogen) atoms. The van der Waals surface area contributed by atoms with Gasteiger partial charge in [-0.2, -0.15) is 0 Å². The minimum absolute atomic E-state index is 0.0145. The number of carbonyl (C=O) groups is 1. The smallest absolute Gasteiger partial charge is 0.257 e. The molecule has 0 radical (unpaired) electrons. The van der Waals surface area contributed by atoms with E-state index in [9.17, 15) is 13.2 Å². The first-order valence-electron chi connectivity index (χ1n) is 7.39. The zero-order chi connectivity index (χ0) is 17.5. The number of amides is 1. The molecule has 8 heteroatoms. The fourth-order valence-electron chi connectivity index (χ4n) is 1.83. The van der Waals surface area contributed by atoms with Crippen molar-refractivity contribution >= 4 is 15.9 Å². The Balaban J connectivity index is 2.68. The minimum atomic E-state index is -3.55. The normalized spacial score (nSPS) is 11.5. The highest BCUT2D eigenvalue weighted by Gasteiger charge is 2.16. The van der Waals surface area contributed by atoms with Gasteiger partial charge in [-0.3, -0.25) is 4.79 Å². The highest BCUT2D eigenvalue weighted by atomic mass is 32.2. The first-order chi connectivity index (χ1) is 10.8. The van der Waals surface area contributed by atoms with Gasteiger partial charge in [0.05, 0.1) is 4.90 Å². The molecular formula is C15H24N2O5S. The van der Waals surface area contributed by atoms with Gasteiger partial charge in [-0.1, -0.05) is 0 Å². The maximum atomic E-state index is 12.1. The van der Waals surface area contributed by atoms with E-state index in [0.717, 1.165) is 0 Å². The summed E-state index contributed by atoms with van der Waals surface area (Å²) in [6.07, 6.45) is 0.486. The third kappa shape index (κ3) is 6.55. The quantitative estimate of drug-likeness (QED) is 0.568. The van der Waals surface area contributed by atoms with Gasteiger partial charge < -0.3 is 15.2 Å². The van der Waals surface area contributed by atoms with E-state index in [0.29, 0.717) is 24.3 Å². The number of carbonyl (C=O) groups excluding carboxylic acids is 1. The number of aliphatic hydroxyl groups excluding tert-OH is 1. The van der Waals surface area contributed by atoms with Crippen molar-refractivity contribution < 1.29 is 23.1 Å². The van der Waals surface area contributed by atoms with E-state index in [1.54, 1.807) is 20.8 Å². The molecule has 1 rings (SSSR count). The highest BCUT2D eigenvalue weighted by molar-refractivity contribution is 7.89. The molecule has 0 bridgehead atoms. The minimum Gasteiger partial charge on any atom is -0.484 e. The van der Waals surface area contributed by atoms with E-state index in [-0.39, 0.29) is 30.1 Å². The Morgan fingerprint density at radius 1 is 1.35 bits per heavy atom. The average molecular weight is 344 g/mol. The molecule has 0 unspecified atom stereocenters. The van der Waals surface area contributed by atoms with E-state index in [2.05, 4.69) is 10.0 Å². The molecule has 0 heterocycles. The number of aliphatic hydroxyl groups is 1. The Labute approximate surface area is 137 Å². The SMILES string of the molecule is Cc1cc(S(=O)(=O)NC(C)C)ccc1OCC(=O)NCCCO. The lowest BCUT2D eigenvalue weighted by Crippen LogP contribution is -2.30. The van der Waals surface area contributed by atoms with E-state index in [4.69, 9.17) is 9.84 Å². The number of ether oxygens (including phenoxy) is 1. The van der Waals surface area contributed by atoms with Crippen LogP contribution in [0.1, 0.15) is 25.8 Å². The topological polar surface area (TPSA) is 105 Å². The van der Waals surface area contributed by atoms with Gasteiger partial charge in [-0.05, 0) is 51.0 Å². The number of rotatable bonds is 9. The van der Waals surface area contributed by atoms with Gasteiger partial charge >= 0.3 is 0 Å². The van der Waals surface area contributed by atoms with Crippen LogP contribution in [0.25, 0.3) is 0 Å². The molecule has 0 aliphatic heterocycles. The van der Waals surface area contributed by atoms with Gasteiger partial charge in [0.2, 0.25) is 10.0 Å². The van der Waals surface area contributed by atoms with Crippen molar-refractivity contribution in [2.24, 2.45) is 0 Å². The molecule has 7 nitrogen and oxygen atoms in total. The molecule has 0 spiro atoms. The Hall–Kier alpha value is -1.64. The van der Waals surface area contributed by atoms with Gasteiger partial charge in [0.25, 0.3) is 5.91 Å². The lowest BCUT2D eigenvalue weighted by atomic mass is 10.2. The van der Waals surface area contributed by atoms with Crippen LogP contribution in [0.4, 0.5) is 0 Å². The molecule has 1 amide bonds. The average Bonchev–Trinajstić information content (AvgIpc) is 2.44. The van der Waals surface area contributed by atoms with Crippen LogP contribution in [0.2, 0.25) is 0 Å². The highest BCUT2D eigenvalue weighted by Crippen LogP contribution is 2.21. The first kappa shape index (κ1) is 19.4. The van der Waals surface area contributed by atoms with Crippen molar-refractivity contribution in [1.29, 1.82) is 0 Å². The third-order valence-electron chi connectivity index (χ3n) is 2.86. The fraction of sp³-hybridized carbons (Fsp3) is 0.533. The summed E-state index contributed by atoms with van der Waals surface area (Å²) in [6, 6.07) is 4.28. The molecule has 0 aromatic heterocycles. The summed E-state index contributed by atoms with van der Waals surface area (Å²) in [5.74, 6) is 0.154. The van der Waals surface area contributed by atoms with Gasteiger partial charge in [-0.25, -0.2) is 13.1 Å². The number of nitrogens with one attached hydrogen (secondary N) is 2. The third-order valence-corrected chi connectivity index (χ3v) is 4.52. The summed E-state index contributed by atoms with van der Waals surface area (Å²) in [7, 11) is -3.55. The summed E-state index contributed by atoms with van der Waals surface area (Å²) < 4.78 is 32.1. The van der Waals surface area contributed by atoms with E-state index >= 15 is 0 Å².